The number of amides is 1. The van der Waals surface area contributed by atoms with Gasteiger partial charge in [-0.2, -0.15) is 0 Å². The summed E-state index contributed by atoms with van der Waals surface area (Å²) < 4.78 is 6.89. The van der Waals surface area contributed by atoms with Crippen molar-refractivity contribution in [3.05, 3.63) is 34.7 Å². The van der Waals surface area contributed by atoms with E-state index in [9.17, 15) is 19.8 Å². The van der Waals surface area contributed by atoms with Crippen LogP contribution < -0.4 is 10.3 Å². The van der Waals surface area contributed by atoms with Crippen molar-refractivity contribution in [3.63, 3.8) is 0 Å². The van der Waals surface area contributed by atoms with Gasteiger partial charge in [-0.15, -0.1) is 0 Å². The second-order valence-corrected chi connectivity index (χ2v) is 8.65. The Morgan fingerprint density at radius 1 is 1.33 bits per heavy atom. The quantitative estimate of drug-likeness (QED) is 0.760. The van der Waals surface area contributed by atoms with Gasteiger partial charge in [0.15, 0.2) is 0 Å². The first kappa shape index (κ1) is 22.0. The molecule has 2 aromatic heterocycles. The highest BCUT2D eigenvalue weighted by atomic mass is 16.5. The number of pyridine rings is 2. The topological polar surface area (TPSA) is 108 Å². The lowest BCUT2D eigenvalue weighted by Crippen LogP contribution is -2.60. The zero-order valence-electron chi connectivity index (χ0n) is 17.9. The molecule has 164 valence electrons. The van der Waals surface area contributed by atoms with Gasteiger partial charge in [0.1, 0.15) is 5.75 Å². The Hall–Kier alpha value is -2.65. The first-order valence-electron chi connectivity index (χ1n) is 10.1. The van der Waals surface area contributed by atoms with E-state index in [1.807, 2.05) is 20.8 Å². The van der Waals surface area contributed by atoms with Crippen LogP contribution in [-0.2, 0) is 6.54 Å². The van der Waals surface area contributed by atoms with E-state index in [2.05, 4.69) is 9.88 Å². The highest BCUT2D eigenvalue weighted by Gasteiger charge is 2.39. The molecule has 1 aliphatic rings. The number of carboxylic acid groups (broad SMARTS) is 1. The van der Waals surface area contributed by atoms with Gasteiger partial charge < -0.3 is 19.5 Å². The molecule has 3 rings (SSSR count). The molecule has 2 aromatic rings. The highest BCUT2D eigenvalue weighted by molar-refractivity contribution is 5.75. The van der Waals surface area contributed by atoms with Crippen molar-refractivity contribution in [1.29, 1.82) is 0 Å². The van der Waals surface area contributed by atoms with Crippen molar-refractivity contribution in [2.75, 3.05) is 26.7 Å². The van der Waals surface area contributed by atoms with E-state index in [0.29, 0.717) is 49.4 Å². The van der Waals surface area contributed by atoms with Crippen molar-refractivity contribution in [1.82, 2.24) is 19.4 Å². The minimum absolute atomic E-state index is 0.127. The Kier molecular flexibility index (Phi) is 6.33. The van der Waals surface area contributed by atoms with E-state index >= 15 is 0 Å². The molecule has 0 spiro atoms. The van der Waals surface area contributed by atoms with Gasteiger partial charge in [-0.3, -0.25) is 19.6 Å². The SMILES string of the molecule is COc1cnc2ccc(=O)n(CCN3CC[C@@H](N(C(=O)O)C(C)(C)C)[C@H](O)C3)c2c1. The first-order valence-corrected chi connectivity index (χ1v) is 10.1. The summed E-state index contributed by atoms with van der Waals surface area (Å²) in [4.78, 5) is 31.9. The molecule has 1 saturated heterocycles. The molecule has 9 heteroatoms. The van der Waals surface area contributed by atoms with Crippen molar-refractivity contribution >= 4 is 17.1 Å². The predicted octanol–water partition coefficient (Wildman–Crippen LogP) is 1.62. The Balaban J connectivity index is 1.72. The number of likely N-dealkylation sites (tertiary alicyclic amines) is 1. The number of methoxy groups -OCH3 is 1. The van der Waals surface area contributed by atoms with Gasteiger partial charge in [0.25, 0.3) is 5.56 Å². The van der Waals surface area contributed by atoms with Crippen LogP contribution in [0.2, 0.25) is 0 Å². The van der Waals surface area contributed by atoms with Crippen LogP contribution >= 0.6 is 0 Å². The van der Waals surface area contributed by atoms with Crippen LogP contribution in [0.5, 0.6) is 5.75 Å². The largest absolute Gasteiger partial charge is 0.495 e. The monoisotopic (exact) mass is 418 g/mol. The van der Waals surface area contributed by atoms with Gasteiger partial charge in [-0.05, 0) is 33.3 Å². The number of ether oxygens (including phenoxy) is 1. The summed E-state index contributed by atoms with van der Waals surface area (Å²) in [7, 11) is 1.55. The molecule has 1 fully saturated rings. The smallest absolute Gasteiger partial charge is 0.408 e. The van der Waals surface area contributed by atoms with Gasteiger partial charge >= 0.3 is 6.09 Å². The summed E-state index contributed by atoms with van der Waals surface area (Å²) >= 11 is 0. The van der Waals surface area contributed by atoms with Crippen LogP contribution in [0, 0.1) is 0 Å². The van der Waals surface area contributed by atoms with Gasteiger partial charge in [0, 0.05) is 43.9 Å². The average Bonchev–Trinajstić information content (AvgIpc) is 2.67. The number of hydrogen-bond donors (Lipinski definition) is 2. The fraction of sp³-hybridized carbons (Fsp3) is 0.571. The van der Waals surface area contributed by atoms with Crippen molar-refractivity contribution < 1.29 is 19.7 Å². The van der Waals surface area contributed by atoms with E-state index in [4.69, 9.17) is 4.74 Å². The van der Waals surface area contributed by atoms with Gasteiger partial charge in [0.05, 0.1) is 36.5 Å². The van der Waals surface area contributed by atoms with E-state index in [-0.39, 0.29) is 5.56 Å². The number of fused-ring (bicyclic) bond motifs is 1. The van der Waals surface area contributed by atoms with Crippen molar-refractivity contribution in [3.8, 4) is 5.75 Å². The summed E-state index contributed by atoms with van der Waals surface area (Å²) in [6, 6.07) is 4.53. The Morgan fingerprint density at radius 3 is 2.67 bits per heavy atom. The van der Waals surface area contributed by atoms with E-state index in [1.54, 1.807) is 30.0 Å². The number of nitrogens with zero attached hydrogens (tertiary/aromatic N) is 4. The van der Waals surface area contributed by atoms with E-state index < -0.39 is 23.8 Å². The number of carbonyl (C=O) groups is 1. The molecule has 0 unspecified atom stereocenters. The maximum absolute atomic E-state index is 12.5. The second-order valence-electron chi connectivity index (χ2n) is 8.65. The lowest BCUT2D eigenvalue weighted by atomic mass is 9.95. The third kappa shape index (κ3) is 4.57. The number of aliphatic hydroxyl groups excluding tert-OH is 1. The van der Waals surface area contributed by atoms with Crippen LogP contribution in [-0.4, -0.2) is 80.1 Å². The summed E-state index contributed by atoms with van der Waals surface area (Å²) in [5, 5.41) is 20.3. The maximum Gasteiger partial charge on any atom is 0.408 e. The van der Waals surface area contributed by atoms with Crippen LogP contribution in [0.1, 0.15) is 27.2 Å². The summed E-state index contributed by atoms with van der Waals surface area (Å²) in [5.41, 5.74) is 0.679. The average molecular weight is 418 g/mol. The summed E-state index contributed by atoms with van der Waals surface area (Å²) in [6.45, 7) is 7.47. The van der Waals surface area contributed by atoms with Gasteiger partial charge in [-0.1, -0.05) is 0 Å². The molecule has 30 heavy (non-hydrogen) atoms. The van der Waals surface area contributed by atoms with Crippen LogP contribution in [0.25, 0.3) is 11.0 Å². The summed E-state index contributed by atoms with van der Waals surface area (Å²) in [6.07, 6.45) is 0.329. The molecule has 1 amide bonds. The standard InChI is InChI=1S/C21H30N4O5/c1-21(2,3)25(20(28)29)16-7-8-23(13-18(16)26)9-10-24-17-11-14(30-4)12-22-15(17)5-6-19(24)27/h5-6,11-12,16,18,26H,7-10,13H2,1-4H3,(H,28,29)/t16-,18-/m1/s1. The molecule has 0 bridgehead atoms. The third-order valence-electron chi connectivity index (χ3n) is 5.58. The zero-order chi connectivity index (χ0) is 22.1. The molecular weight excluding hydrogens is 388 g/mol. The molecule has 0 radical (unpaired) electrons. The van der Waals surface area contributed by atoms with Gasteiger partial charge in [0.2, 0.25) is 0 Å². The fourth-order valence-electron chi connectivity index (χ4n) is 4.15. The van der Waals surface area contributed by atoms with E-state index in [1.165, 1.54) is 11.0 Å². The minimum Gasteiger partial charge on any atom is -0.495 e. The number of β-amino-alcohol motifs (C(OH)–C–C–N with tert-alkyl or cyclic N) is 1. The van der Waals surface area contributed by atoms with Gasteiger partial charge in [-0.25, -0.2) is 4.79 Å². The van der Waals surface area contributed by atoms with E-state index in [0.717, 1.165) is 0 Å². The van der Waals surface area contributed by atoms with Crippen molar-refractivity contribution in [2.45, 2.75) is 51.4 Å². The Labute approximate surface area is 175 Å². The lowest BCUT2D eigenvalue weighted by Gasteiger charge is -2.45. The second kappa shape index (κ2) is 8.61. The number of piperidine rings is 1. The molecule has 1 aliphatic heterocycles. The normalized spacial score (nSPS) is 20.3. The minimum atomic E-state index is -1.02. The first-order chi connectivity index (χ1) is 14.1. The summed E-state index contributed by atoms with van der Waals surface area (Å²) in [5.74, 6) is 0.578. The number of aromatic nitrogens is 2. The Bertz CT molecular complexity index is 968. The van der Waals surface area contributed by atoms with Crippen molar-refractivity contribution in [2.24, 2.45) is 0 Å². The predicted molar refractivity (Wildman–Crippen MR) is 113 cm³/mol. The highest BCUT2D eigenvalue weighted by Crippen LogP contribution is 2.25. The molecule has 2 N–H and O–H groups in total. The zero-order valence-corrected chi connectivity index (χ0v) is 17.9. The van der Waals surface area contributed by atoms with Crippen LogP contribution in [0.15, 0.2) is 29.2 Å². The molecule has 3 heterocycles. The molecular formula is C21H30N4O5. The molecule has 9 nitrogen and oxygen atoms in total. The number of hydrogen-bond acceptors (Lipinski definition) is 6. The number of aliphatic hydroxyl groups is 1. The molecule has 0 aromatic carbocycles. The Morgan fingerprint density at radius 2 is 2.07 bits per heavy atom. The molecule has 0 saturated carbocycles. The van der Waals surface area contributed by atoms with Crippen LogP contribution in [0.4, 0.5) is 4.79 Å². The maximum atomic E-state index is 12.5. The third-order valence-corrected chi connectivity index (χ3v) is 5.58. The molecule has 2 atom stereocenters. The van der Waals surface area contributed by atoms with Crippen LogP contribution in [0.3, 0.4) is 0 Å². The fourth-order valence-corrected chi connectivity index (χ4v) is 4.15. The lowest BCUT2D eigenvalue weighted by molar-refractivity contribution is -0.0354. The molecule has 0 aliphatic carbocycles. The number of rotatable bonds is 5.